The zero-order chi connectivity index (χ0) is 22.8. The maximum Gasteiger partial charge on any atom is 0.346 e. The molecule has 0 bridgehead atoms. The molecule has 0 radical (unpaired) electrons. The van der Waals surface area contributed by atoms with Crippen LogP contribution in [0.2, 0.25) is 0 Å². The number of carbonyl (C=O) groups excluding carboxylic acids is 1. The van der Waals surface area contributed by atoms with Gasteiger partial charge in [0.2, 0.25) is 5.91 Å². The average molecular weight is 456 g/mol. The summed E-state index contributed by atoms with van der Waals surface area (Å²) in [7, 11) is 1.56. The van der Waals surface area contributed by atoms with Crippen molar-refractivity contribution in [1.29, 1.82) is 0 Å². The molecular weight excluding hydrogens is 433 g/mol. The van der Waals surface area contributed by atoms with E-state index in [1.54, 1.807) is 13.2 Å². The quantitative estimate of drug-likeness (QED) is 0.490. The SMILES string of the molecule is CCCOc1cc([C@@H]2CC(=O)Nc3c2sc(C(=O)O)c3-c2ccc(F)cc2)ccc1OC. The van der Waals surface area contributed by atoms with Gasteiger partial charge in [0, 0.05) is 22.8 Å². The minimum atomic E-state index is -1.10. The van der Waals surface area contributed by atoms with Crippen LogP contribution < -0.4 is 14.8 Å². The molecule has 8 heteroatoms. The number of fused-ring (bicyclic) bond motifs is 1. The van der Waals surface area contributed by atoms with Crippen molar-refractivity contribution in [1.82, 2.24) is 0 Å². The molecule has 166 valence electrons. The zero-order valence-corrected chi connectivity index (χ0v) is 18.4. The molecule has 32 heavy (non-hydrogen) atoms. The fraction of sp³-hybridized carbons (Fsp3) is 0.250. The summed E-state index contributed by atoms with van der Waals surface area (Å²) >= 11 is 1.13. The topological polar surface area (TPSA) is 84.9 Å². The predicted molar refractivity (Wildman–Crippen MR) is 121 cm³/mol. The molecule has 0 spiro atoms. The summed E-state index contributed by atoms with van der Waals surface area (Å²) in [5.41, 5.74) is 2.22. The summed E-state index contributed by atoms with van der Waals surface area (Å²) in [5, 5.41) is 12.7. The molecule has 1 amide bonds. The Morgan fingerprint density at radius 2 is 1.97 bits per heavy atom. The lowest BCUT2D eigenvalue weighted by Gasteiger charge is -2.24. The molecule has 0 unspecified atom stereocenters. The van der Waals surface area contributed by atoms with Gasteiger partial charge in [-0.05, 0) is 41.8 Å². The third-order valence-corrected chi connectivity index (χ3v) is 6.58. The number of amides is 1. The number of anilines is 1. The zero-order valence-electron chi connectivity index (χ0n) is 17.6. The summed E-state index contributed by atoms with van der Waals surface area (Å²) in [5.74, 6) is -0.911. The van der Waals surface area contributed by atoms with Crippen LogP contribution in [0.4, 0.5) is 10.1 Å². The van der Waals surface area contributed by atoms with Crippen molar-refractivity contribution in [2.75, 3.05) is 19.0 Å². The molecule has 1 aliphatic heterocycles. The van der Waals surface area contributed by atoms with E-state index in [0.717, 1.165) is 28.2 Å². The Morgan fingerprint density at radius 3 is 2.62 bits per heavy atom. The summed E-state index contributed by atoms with van der Waals surface area (Å²) < 4.78 is 24.7. The first-order valence-corrected chi connectivity index (χ1v) is 11.0. The predicted octanol–water partition coefficient (Wildman–Crippen LogP) is 5.52. The Labute approximate surface area is 188 Å². The van der Waals surface area contributed by atoms with Crippen LogP contribution in [0.15, 0.2) is 42.5 Å². The number of methoxy groups -OCH3 is 1. The molecule has 0 fully saturated rings. The molecule has 1 atom stereocenters. The van der Waals surface area contributed by atoms with Crippen molar-refractivity contribution in [3.05, 3.63) is 63.6 Å². The summed E-state index contributed by atoms with van der Waals surface area (Å²) in [6.45, 7) is 2.53. The molecule has 3 aromatic rings. The van der Waals surface area contributed by atoms with Gasteiger partial charge in [-0.3, -0.25) is 4.79 Å². The third-order valence-electron chi connectivity index (χ3n) is 5.28. The molecular formula is C24H22FNO5S. The number of halogens is 1. The van der Waals surface area contributed by atoms with Crippen LogP contribution in [-0.2, 0) is 4.79 Å². The van der Waals surface area contributed by atoms with Gasteiger partial charge >= 0.3 is 5.97 Å². The Bertz CT molecular complexity index is 1170. The Balaban J connectivity index is 1.85. The molecule has 1 aliphatic rings. The maximum absolute atomic E-state index is 13.5. The van der Waals surface area contributed by atoms with E-state index < -0.39 is 11.8 Å². The third kappa shape index (κ3) is 4.05. The highest BCUT2D eigenvalue weighted by Gasteiger charge is 2.34. The van der Waals surface area contributed by atoms with E-state index >= 15 is 0 Å². The average Bonchev–Trinajstić information content (AvgIpc) is 3.17. The van der Waals surface area contributed by atoms with Gasteiger partial charge in [0.15, 0.2) is 11.5 Å². The first kappa shape index (κ1) is 21.8. The molecule has 2 aromatic carbocycles. The van der Waals surface area contributed by atoms with Crippen molar-refractivity contribution in [2.24, 2.45) is 0 Å². The molecule has 2 heterocycles. The normalized spacial score (nSPS) is 15.1. The number of carbonyl (C=O) groups is 2. The minimum Gasteiger partial charge on any atom is -0.493 e. The summed E-state index contributed by atoms with van der Waals surface area (Å²) in [6.07, 6.45) is 1.01. The van der Waals surface area contributed by atoms with Crippen LogP contribution in [0.25, 0.3) is 11.1 Å². The van der Waals surface area contributed by atoms with Crippen LogP contribution in [0.5, 0.6) is 11.5 Å². The van der Waals surface area contributed by atoms with Crippen molar-refractivity contribution >= 4 is 28.9 Å². The lowest BCUT2D eigenvalue weighted by atomic mass is 9.88. The monoisotopic (exact) mass is 455 g/mol. The van der Waals surface area contributed by atoms with E-state index in [-0.39, 0.29) is 23.1 Å². The Kier molecular flexibility index (Phi) is 6.14. The van der Waals surface area contributed by atoms with Crippen LogP contribution in [0.3, 0.4) is 0 Å². The highest BCUT2D eigenvalue weighted by Crippen LogP contribution is 2.50. The number of rotatable bonds is 7. The van der Waals surface area contributed by atoms with Gasteiger partial charge in [-0.25, -0.2) is 9.18 Å². The maximum atomic E-state index is 13.5. The molecule has 2 N–H and O–H groups in total. The number of thiophene rings is 1. The van der Waals surface area contributed by atoms with Crippen molar-refractivity contribution in [3.8, 4) is 22.6 Å². The number of carboxylic acids is 1. The second-order valence-electron chi connectivity index (χ2n) is 7.42. The second kappa shape index (κ2) is 9.00. The van der Waals surface area contributed by atoms with Crippen molar-refractivity contribution in [3.63, 3.8) is 0 Å². The van der Waals surface area contributed by atoms with Gasteiger partial charge < -0.3 is 19.9 Å². The first-order valence-electron chi connectivity index (χ1n) is 10.2. The van der Waals surface area contributed by atoms with Gasteiger partial charge in [-0.15, -0.1) is 11.3 Å². The minimum absolute atomic E-state index is 0.102. The van der Waals surface area contributed by atoms with E-state index in [2.05, 4.69) is 5.32 Å². The van der Waals surface area contributed by atoms with E-state index in [0.29, 0.717) is 34.9 Å². The van der Waals surface area contributed by atoms with Crippen molar-refractivity contribution < 1.29 is 28.6 Å². The van der Waals surface area contributed by atoms with Gasteiger partial charge in [-0.2, -0.15) is 0 Å². The van der Waals surface area contributed by atoms with E-state index in [1.807, 2.05) is 19.1 Å². The van der Waals surface area contributed by atoms with Gasteiger partial charge in [-0.1, -0.05) is 25.1 Å². The molecule has 6 nitrogen and oxygen atoms in total. The summed E-state index contributed by atoms with van der Waals surface area (Å²) in [6, 6.07) is 11.1. The number of benzene rings is 2. The largest absolute Gasteiger partial charge is 0.493 e. The highest BCUT2D eigenvalue weighted by atomic mass is 32.1. The van der Waals surface area contributed by atoms with Crippen LogP contribution in [0.1, 0.15) is 45.8 Å². The van der Waals surface area contributed by atoms with E-state index in [1.165, 1.54) is 24.3 Å². The fourth-order valence-corrected chi connectivity index (χ4v) is 5.08. The fourth-order valence-electron chi connectivity index (χ4n) is 3.83. The van der Waals surface area contributed by atoms with E-state index in [9.17, 15) is 19.1 Å². The summed E-state index contributed by atoms with van der Waals surface area (Å²) in [4.78, 5) is 25.5. The van der Waals surface area contributed by atoms with Gasteiger partial charge in [0.05, 0.1) is 19.4 Å². The molecule has 1 aromatic heterocycles. The van der Waals surface area contributed by atoms with Gasteiger partial charge in [0.25, 0.3) is 0 Å². The van der Waals surface area contributed by atoms with Crippen LogP contribution in [-0.4, -0.2) is 30.7 Å². The number of hydrogen-bond donors (Lipinski definition) is 2. The van der Waals surface area contributed by atoms with Crippen LogP contribution in [0, 0.1) is 5.82 Å². The van der Waals surface area contributed by atoms with Crippen molar-refractivity contribution in [2.45, 2.75) is 25.7 Å². The molecule has 4 rings (SSSR count). The van der Waals surface area contributed by atoms with E-state index in [4.69, 9.17) is 9.47 Å². The number of aromatic carboxylic acids is 1. The molecule has 0 aliphatic carbocycles. The lowest BCUT2D eigenvalue weighted by molar-refractivity contribution is -0.116. The number of ether oxygens (including phenoxy) is 2. The number of carboxylic acid groups (broad SMARTS) is 1. The standard InChI is InChI=1S/C24H22FNO5S/c1-3-10-31-18-11-14(6-9-17(18)30-2)16-12-19(27)26-21-20(13-4-7-15(25)8-5-13)23(24(28)29)32-22(16)21/h4-9,11,16H,3,10,12H2,1-2H3,(H,26,27)(H,28,29)/t16-/m0/s1. The Morgan fingerprint density at radius 1 is 1.22 bits per heavy atom. The smallest absolute Gasteiger partial charge is 0.346 e. The number of nitrogens with one attached hydrogen (secondary N) is 1. The Hall–Kier alpha value is -3.39. The first-order chi connectivity index (χ1) is 15.4. The van der Waals surface area contributed by atoms with Gasteiger partial charge in [0.1, 0.15) is 10.7 Å². The number of hydrogen-bond acceptors (Lipinski definition) is 5. The van der Waals surface area contributed by atoms with Crippen LogP contribution >= 0.6 is 11.3 Å². The lowest BCUT2D eigenvalue weighted by Crippen LogP contribution is -2.22. The highest BCUT2D eigenvalue weighted by molar-refractivity contribution is 7.15. The second-order valence-corrected chi connectivity index (χ2v) is 8.47. The molecule has 0 saturated carbocycles. The molecule has 0 saturated heterocycles.